The molecule has 3 rings (SSSR count). The lowest BCUT2D eigenvalue weighted by Gasteiger charge is -2.13. The highest BCUT2D eigenvalue weighted by atomic mass is 79.9. The first-order valence-electron chi connectivity index (χ1n) is 8.28. The number of fused-ring (bicyclic) bond motifs is 1. The van der Waals surface area contributed by atoms with E-state index in [4.69, 9.17) is 0 Å². The maximum absolute atomic E-state index is 11.3. The minimum absolute atomic E-state index is 0.0823. The van der Waals surface area contributed by atoms with Crippen LogP contribution in [0.5, 0.6) is 0 Å². The molecule has 148 valence electrons. The topological polar surface area (TPSA) is 143 Å². The summed E-state index contributed by atoms with van der Waals surface area (Å²) in [5, 5.41) is 44.4. The van der Waals surface area contributed by atoms with E-state index < -0.39 is 27.4 Å². The van der Waals surface area contributed by atoms with Gasteiger partial charge in [-0.25, -0.2) is 0 Å². The first-order valence-corrected chi connectivity index (χ1v) is 9.07. The summed E-state index contributed by atoms with van der Waals surface area (Å²) in [4.78, 5) is 20.8. The number of halogens is 1. The molecule has 0 saturated heterocycles. The molecule has 1 unspecified atom stereocenters. The number of nitrogens with zero attached hydrogens (tertiary/aromatic N) is 4. The second-order valence-electron chi connectivity index (χ2n) is 6.01. The van der Waals surface area contributed by atoms with Gasteiger partial charge in [0, 0.05) is 22.5 Å². The fourth-order valence-electron chi connectivity index (χ4n) is 2.74. The van der Waals surface area contributed by atoms with Gasteiger partial charge in [-0.05, 0) is 35.0 Å². The van der Waals surface area contributed by atoms with Gasteiger partial charge in [0.2, 0.25) is 0 Å². The van der Waals surface area contributed by atoms with E-state index in [-0.39, 0.29) is 10.2 Å². The van der Waals surface area contributed by atoms with Gasteiger partial charge in [-0.2, -0.15) is 0 Å². The lowest BCUT2D eigenvalue weighted by molar-refractivity contribution is -0.393. The van der Waals surface area contributed by atoms with E-state index in [1.807, 2.05) is 12.1 Å². The van der Waals surface area contributed by atoms with Crippen LogP contribution in [0.3, 0.4) is 0 Å². The van der Waals surface area contributed by atoms with Crippen LogP contribution in [0.2, 0.25) is 0 Å². The summed E-state index contributed by atoms with van der Waals surface area (Å²) in [7, 11) is 0. The van der Waals surface area contributed by atoms with Gasteiger partial charge in [0.05, 0.1) is 26.1 Å². The van der Waals surface area contributed by atoms with Crippen molar-refractivity contribution in [3.63, 3.8) is 0 Å². The maximum atomic E-state index is 11.3. The zero-order valence-corrected chi connectivity index (χ0v) is 16.5. The number of anilines is 1. The van der Waals surface area contributed by atoms with Gasteiger partial charge in [-0.1, -0.05) is 24.3 Å². The normalized spacial score (nSPS) is 12.2. The van der Waals surface area contributed by atoms with E-state index in [2.05, 4.69) is 31.5 Å². The number of benzene rings is 3. The van der Waals surface area contributed by atoms with Gasteiger partial charge in [0.1, 0.15) is 6.23 Å². The third-order valence-electron chi connectivity index (χ3n) is 3.96. The lowest BCUT2D eigenvalue weighted by atomic mass is 10.1. The molecule has 0 aliphatic heterocycles. The summed E-state index contributed by atoms with van der Waals surface area (Å²) in [5.74, 6) is 0. The Morgan fingerprint density at radius 2 is 1.72 bits per heavy atom. The molecule has 0 fully saturated rings. The smallest absolute Gasteiger partial charge is 0.304 e. The molecule has 0 spiro atoms. The standard InChI is InChI=1S/C18H14BrN5O5/c1-10(25)20-15-6-7-16(13-5-3-2-4-12(13)15)21-22-18-14(19)8-11(23(26)27)9-17(18)24(28)29/h2-10,20,25H,1H3. The third kappa shape index (κ3) is 4.36. The number of nitro benzene ring substituents is 2. The van der Waals surface area contributed by atoms with Crippen molar-refractivity contribution in [3.8, 4) is 0 Å². The Bertz CT molecular complexity index is 1150. The molecular weight excluding hydrogens is 446 g/mol. The number of hydrogen-bond acceptors (Lipinski definition) is 8. The van der Waals surface area contributed by atoms with Crippen molar-refractivity contribution in [2.75, 3.05) is 5.32 Å². The number of non-ortho nitro benzene ring substituents is 1. The highest BCUT2D eigenvalue weighted by molar-refractivity contribution is 9.10. The van der Waals surface area contributed by atoms with E-state index in [1.165, 1.54) is 0 Å². The van der Waals surface area contributed by atoms with Crippen molar-refractivity contribution in [1.29, 1.82) is 0 Å². The molecule has 0 amide bonds. The molecule has 0 bridgehead atoms. The van der Waals surface area contributed by atoms with Crippen LogP contribution in [0.15, 0.2) is 63.2 Å². The highest BCUT2D eigenvalue weighted by Gasteiger charge is 2.23. The number of rotatable bonds is 6. The molecule has 1 atom stereocenters. The summed E-state index contributed by atoms with van der Waals surface area (Å²) in [6.07, 6.45) is -0.760. The van der Waals surface area contributed by atoms with Gasteiger partial charge >= 0.3 is 5.69 Å². The Hall–Kier alpha value is -3.44. The van der Waals surface area contributed by atoms with Gasteiger partial charge in [0.25, 0.3) is 5.69 Å². The molecule has 0 aliphatic carbocycles. The fraction of sp³-hybridized carbons (Fsp3) is 0.111. The maximum Gasteiger partial charge on any atom is 0.304 e. The molecule has 0 saturated carbocycles. The number of nitro groups is 2. The number of hydrogen-bond donors (Lipinski definition) is 2. The largest absolute Gasteiger partial charge is 0.374 e. The summed E-state index contributed by atoms with van der Waals surface area (Å²) < 4.78 is 0.0823. The molecule has 11 heteroatoms. The van der Waals surface area contributed by atoms with Gasteiger partial charge in [0.15, 0.2) is 5.69 Å². The Morgan fingerprint density at radius 1 is 1.03 bits per heavy atom. The Morgan fingerprint density at radius 3 is 2.34 bits per heavy atom. The van der Waals surface area contributed by atoms with Crippen molar-refractivity contribution in [1.82, 2.24) is 0 Å². The molecule has 29 heavy (non-hydrogen) atoms. The second-order valence-corrected chi connectivity index (χ2v) is 6.86. The van der Waals surface area contributed by atoms with E-state index >= 15 is 0 Å². The molecule has 3 aromatic carbocycles. The predicted molar refractivity (Wildman–Crippen MR) is 111 cm³/mol. The zero-order valence-electron chi connectivity index (χ0n) is 14.9. The monoisotopic (exact) mass is 459 g/mol. The van der Waals surface area contributed by atoms with E-state index in [1.54, 1.807) is 31.2 Å². The summed E-state index contributed by atoms with van der Waals surface area (Å²) >= 11 is 3.10. The van der Waals surface area contributed by atoms with E-state index in [0.717, 1.165) is 17.5 Å². The average molecular weight is 460 g/mol. The van der Waals surface area contributed by atoms with Crippen molar-refractivity contribution < 1.29 is 15.0 Å². The number of azo groups is 1. The SMILES string of the molecule is CC(O)Nc1ccc(N=Nc2c(Br)cc([N+](=O)[O-])cc2[N+](=O)[O-])c2ccccc12. The predicted octanol–water partition coefficient (Wildman–Crippen LogP) is 5.58. The van der Waals surface area contributed by atoms with E-state index in [9.17, 15) is 25.3 Å². The van der Waals surface area contributed by atoms with Crippen LogP contribution >= 0.6 is 15.9 Å². The van der Waals surface area contributed by atoms with Gasteiger partial charge in [-0.3, -0.25) is 20.2 Å². The molecule has 10 nitrogen and oxygen atoms in total. The summed E-state index contributed by atoms with van der Waals surface area (Å²) in [5.41, 5.74) is 0.0391. The quantitative estimate of drug-likeness (QED) is 0.213. The van der Waals surface area contributed by atoms with Crippen molar-refractivity contribution in [2.45, 2.75) is 13.2 Å². The summed E-state index contributed by atoms with van der Waals surface area (Å²) in [6, 6.07) is 12.6. The molecular formula is C18H14BrN5O5. The van der Waals surface area contributed by atoms with Crippen LogP contribution < -0.4 is 5.32 Å². The van der Waals surface area contributed by atoms with Crippen molar-refractivity contribution in [3.05, 3.63) is 73.2 Å². The Kier molecular flexibility index (Phi) is 5.80. The highest BCUT2D eigenvalue weighted by Crippen LogP contribution is 2.40. The first kappa shape index (κ1) is 20.3. The molecule has 0 aliphatic rings. The van der Waals surface area contributed by atoms with Gasteiger partial charge < -0.3 is 10.4 Å². The molecule has 2 N–H and O–H groups in total. The van der Waals surface area contributed by atoms with Crippen LogP contribution in [0.4, 0.5) is 28.4 Å². The molecule has 3 aromatic rings. The average Bonchev–Trinajstić information content (AvgIpc) is 2.67. The van der Waals surface area contributed by atoms with Crippen LogP contribution in [0.25, 0.3) is 10.8 Å². The first-order chi connectivity index (χ1) is 13.8. The van der Waals surface area contributed by atoms with Crippen LogP contribution in [-0.2, 0) is 0 Å². The summed E-state index contributed by atoms with van der Waals surface area (Å²) in [6.45, 7) is 1.59. The minimum Gasteiger partial charge on any atom is -0.374 e. The number of nitrogens with one attached hydrogen (secondary N) is 1. The van der Waals surface area contributed by atoms with Gasteiger partial charge in [-0.15, -0.1) is 10.2 Å². The van der Waals surface area contributed by atoms with Crippen LogP contribution in [0.1, 0.15) is 6.92 Å². The molecule has 0 heterocycles. The van der Waals surface area contributed by atoms with E-state index in [0.29, 0.717) is 16.8 Å². The van der Waals surface area contributed by atoms with Crippen LogP contribution in [0, 0.1) is 20.2 Å². The Balaban J connectivity index is 2.10. The molecule has 0 aromatic heterocycles. The third-order valence-corrected chi connectivity index (χ3v) is 4.56. The lowest BCUT2D eigenvalue weighted by Crippen LogP contribution is -2.13. The van der Waals surface area contributed by atoms with Crippen molar-refractivity contribution >= 4 is 55.1 Å². The molecule has 0 radical (unpaired) electrons. The Labute approximate surface area is 172 Å². The number of aliphatic hydroxyl groups is 1. The second kappa shape index (κ2) is 8.29. The van der Waals surface area contributed by atoms with Crippen LogP contribution in [-0.4, -0.2) is 21.2 Å². The van der Waals surface area contributed by atoms with Crippen molar-refractivity contribution in [2.24, 2.45) is 10.2 Å². The fourth-order valence-corrected chi connectivity index (χ4v) is 3.26. The minimum atomic E-state index is -0.760. The number of aliphatic hydroxyl groups excluding tert-OH is 1. The zero-order chi connectivity index (χ0) is 21.1.